The van der Waals surface area contributed by atoms with E-state index < -0.39 is 10.0 Å². The van der Waals surface area contributed by atoms with Crippen molar-refractivity contribution in [2.45, 2.75) is 31.7 Å². The number of carbonyl (C=O) groups is 1. The fourth-order valence-electron chi connectivity index (χ4n) is 3.84. The fraction of sp³-hybridized carbons (Fsp3) is 0.562. The maximum atomic E-state index is 12.4. The molecule has 1 aromatic rings. The third-order valence-corrected chi connectivity index (χ3v) is 6.69. The van der Waals surface area contributed by atoms with Gasteiger partial charge in [-0.15, -0.1) is 0 Å². The summed E-state index contributed by atoms with van der Waals surface area (Å²) in [7, 11) is -3.54. The number of fused-ring (bicyclic) bond motifs is 2. The molecule has 7 heteroatoms. The molecule has 1 amide bonds. The van der Waals surface area contributed by atoms with Crippen molar-refractivity contribution in [2.75, 3.05) is 17.1 Å². The molecule has 1 N–H and O–H groups in total. The van der Waals surface area contributed by atoms with Crippen LogP contribution in [0.3, 0.4) is 0 Å². The van der Waals surface area contributed by atoms with Crippen LogP contribution in [0.25, 0.3) is 0 Å². The Kier molecular flexibility index (Phi) is 4.69. The Hall–Kier alpha value is -1.08. The normalized spacial score (nSPS) is 26.3. The number of halogens is 1. The van der Waals surface area contributed by atoms with Crippen molar-refractivity contribution in [3.63, 3.8) is 0 Å². The summed E-state index contributed by atoms with van der Waals surface area (Å²) in [5.74, 6) is 1.07. The quantitative estimate of drug-likeness (QED) is 0.825. The van der Waals surface area contributed by atoms with Crippen LogP contribution in [0.2, 0.25) is 0 Å². The summed E-state index contributed by atoms with van der Waals surface area (Å²) in [6.45, 7) is -0.185. The lowest BCUT2D eigenvalue weighted by Gasteiger charge is -2.26. The smallest absolute Gasteiger partial charge is 0.241 e. The molecule has 0 spiro atoms. The maximum absolute atomic E-state index is 12.4. The zero-order valence-corrected chi connectivity index (χ0v) is 15.4. The van der Waals surface area contributed by atoms with E-state index in [9.17, 15) is 13.2 Å². The highest BCUT2D eigenvalue weighted by Gasteiger charge is 2.40. The Morgan fingerprint density at radius 1 is 1.30 bits per heavy atom. The third kappa shape index (κ3) is 3.71. The van der Waals surface area contributed by atoms with Gasteiger partial charge in [0, 0.05) is 10.5 Å². The maximum Gasteiger partial charge on any atom is 0.241 e. The van der Waals surface area contributed by atoms with Crippen molar-refractivity contribution in [1.82, 2.24) is 5.32 Å². The zero-order valence-electron chi connectivity index (χ0n) is 13.0. The molecule has 0 unspecified atom stereocenters. The minimum atomic E-state index is -3.54. The monoisotopic (exact) mass is 400 g/mol. The van der Waals surface area contributed by atoms with Gasteiger partial charge < -0.3 is 5.32 Å². The molecule has 0 saturated heterocycles. The summed E-state index contributed by atoms with van der Waals surface area (Å²) in [4.78, 5) is 12.4. The Labute approximate surface area is 145 Å². The Morgan fingerprint density at radius 2 is 2.04 bits per heavy atom. The molecule has 2 fully saturated rings. The first kappa shape index (κ1) is 16.8. The van der Waals surface area contributed by atoms with Crippen molar-refractivity contribution in [3.05, 3.63) is 28.7 Å². The standard InChI is InChI=1S/C16H21BrN2O3S/c1-23(21,22)19(15-5-3-2-4-13(15)17)10-16(20)18-14-9-11-6-7-12(14)8-11/h2-5,11-12,14H,6-10H2,1H3,(H,18,20)/t11-,12+,14+/m0/s1. The predicted molar refractivity (Wildman–Crippen MR) is 93.7 cm³/mol. The number of rotatable bonds is 5. The van der Waals surface area contributed by atoms with E-state index in [2.05, 4.69) is 21.2 Å². The first-order valence-electron chi connectivity index (χ1n) is 7.86. The van der Waals surface area contributed by atoms with E-state index in [0.29, 0.717) is 16.1 Å². The number of sulfonamides is 1. The SMILES string of the molecule is CS(=O)(=O)N(CC(=O)N[C@@H]1C[C@H]2CC[C@@H]1C2)c1ccccc1Br. The van der Waals surface area contributed by atoms with Crippen LogP contribution in [0.15, 0.2) is 28.7 Å². The third-order valence-electron chi connectivity index (χ3n) is 4.89. The fourth-order valence-corrected chi connectivity index (χ4v) is 5.32. The molecule has 0 heterocycles. The van der Waals surface area contributed by atoms with E-state index in [0.717, 1.165) is 22.9 Å². The summed E-state index contributed by atoms with van der Waals surface area (Å²) in [5.41, 5.74) is 0.484. The van der Waals surface area contributed by atoms with Gasteiger partial charge in [0.15, 0.2) is 0 Å². The largest absolute Gasteiger partial charge is 0.352 e. The minimum absolute atomic E-state index is 0.185. The molecular weight excluding hydrogens is 380 g/mol. The van der Waals surface area contributed by atoms with Gasteiger partial charge in [-0.2, -0.15) is 0 Å². The van der Waals surface area contributed by atoms with Crippen molar-refractivity contribution in [3.8, 4) is 0 Å². The van der Waals surface area contributed by atoms with Crippen molar-refractivity contribution in [1.29, 1.82) is 0 Å². The van der Waals surface area contributed by atoms with Gasteiger partial charge in [0.1, 0.15) is 6.54 Å². The van der Waals surface area contributed by atoms with E-state index in [1.165, 1.54) is 19.3 Å². The molecule has 2 saturated carbocycles. The number of nitrogens with one attached hydrogen (secondary N) is 1. The van der Waals surface area contributed by atoms with Gasteiger partial charge >= 0.3 is 0 Å². The molecule has 5 nitrogen and oxygen atoms in total. The number of nitrogens with zero attached hydrogens (tertiary/aromatic N) is 1. The summed E-state index contributed by atoms with van der Waals surface area (Å²) in [6.07, 6.45) is 5.80. The van der Waals surface area contributed by atoms with Gasteiger partial charge in [0.25, 0.3) is 0 Å². The molecule has 0 aliphatic heterocycles. The number of hydrogen-bond donors (Lipinski definition) is 1. The number of hydrogen-bond acceptors (Lipinski definition) is 3. The second kappa shape index (κ2) is 6.43. The molecular formula is C16H21BrN2O3S. The van der Waals surface area contributed by atoms with Crippen molar-refractivity contribution >= 4 is 37.5 Å². The number of amides is 1. The minimum Gasteiger partial charge on any atom is -0.352 e. The zero-order chi connectivity index (χ0) is 16.6. The van der Waals surface area contributed by atoms with E-state index in [-0.39, 0.29) is 18.5 Å². The van der Waals surface area contributed by atoms with Crippen molar-refractivity contribution < 1.29 is 13.2 Å². The summed E-state index contributed by atoms with van der Waals surface area (Å²) >= 11 is 3.36. The van der Waals surface area contributed by atoms with Crippen LogP contribution in [0, 0.1) is 11.8 Å². The lowest BCUT2D eigenvalue weighted by atomic mass is 9.95. The van der Waals surface area contributed by atoms with Gasteiger partial charge in [-0.25, -0.2) is 8.42 Å². The highest BCUT2D eigenvalue weighted by Crippen LogP contribution is 2.44. The molecule has 23 heavy (non-hydrogen) atoms. The molecule has 2 aliphatic rings. The van der Waals surface area contributed by atoms with Gasteiger partial charge in [0.2, 0.25) is 15.9 Å². The van der Waals surface area contributed by atoms with Gasteiger partial charge in [-0.1, -0.05) is 18.6 Å². The Balaban J connectivity index is 1.72. The van der Waals surface area contributed by atoms with Gasteiger partial charge in [-0.3, -0.25) is 9.10 Å². The van der Waals surface area contributed by atoms with E-state index in [1.807, 2.05) is 6.07 Å². The first-order chi connectivity index (χ1) is 10.8. The highest BCUT2D eigenvalue weighted by molar-refractivity contribution is 9.10. The number of para-hydroxylation sites is 1. The molecule has 3 atom stereocenters. The average molecular weight is 401 g/mol. The summed E-state index contributed by atoms with van der Waals surface area (Å²) in [5, 5.41) is 3.04. The second-order valence-corrected chi connectivity index (χ2v) is 9.33. The molecule has 0 radical (unpaired) electrons. The first-order valence-corrected chi connectivity index (χ1v) is 10.5. The predicted octanol–water partition coefficient (Wildman–Crippen LogP) is 2.52. The van der Waals surface area contributed by atoms with Crippen LogP contribution in [-0.4, -0.2) is 33.2 Å². The summed E-state index contributed by atoms with van der Waals surface area (Å²) in [6, 6.07) is 7.23. The second-order valence-electron chi connectivity index (χ2n) is 6.57. The lowest BCUT2D eigenvalue weighted by molar-refractivity contribution is -0.120. The molecule has 0 aromatic heterocycles. The van der Waals surface area contributed by atoms with Crippen LogP contribution in [0.5, 0.6) is 0 Å². The van der Waals surface area contributed by atoms with E-state index in [1.54, 1.807) is 18.2 Å². The van der Waals surface area contributed by atoms with Crippen LogP contribution >= 0.6 is 15.9 Å². The average Bonchev–Trinajstić information content (AvgIpc) is 3.07. The number of anilines is 1. The molecule has 126 valence electrons. The van der Waals surface area contributed by atoms with E-state index >= 15 is 0 Å². The molecule has 2 bridgehead atoms. The van der Waals surface area contributed by atoms with Crippen molar-refractivity contribution in [2.24, 2.45) is 11.8 Å². The van der Waals surface area contributed by atoms with Gasteiger partial charge in [-0.05, 0) is 59.2 Å². The molecule has 2 aliphatic carbocycles. The molecule has 3 rings (SSSR count). The Morgan fingerprint density at radius 3 is 2.61 bits per heavy atom. The van der Waals surface area contributed by atoms with E-state index in [4.69, 9.17) is 0 Å². The topological polar surface area (TPSA) is 66.5 Å². The van der Waals surface area contributed by atoms with Crippen LogP contribution < -0.4 is 9.62 Å². The van der Waals surface area contributed by atoms with Crippen LogP contribution in [0.4, 0.5) is 5.69 Å². The Bertz CT molecular complexity index is 707. The summed E-state index contributed by atoms with van der Waals surface area (Å²) < 4.78 is 26.0. The number of carbonyl (C=O) groups excluding carboxylic acids is 1. The van der Waals surface area contributed by atoms with Gasteiger partial charge in [0.05, 0.1) is 11.9 Å². The lowest BCUT2D eigenvalue weighted by Crippen LogP contribution is -2.45. The van der Waals surface area contributed by atoms with Crippen LogP contribution in [-0.2, 0) is 14.8 Å². The van der Waals surface area contributed by atoms with Crippen LogP contribution in [0.1, 0.15) is 25.7 Å². The molecule has 1 aromatic carbocycles. The highest BCUT2D eigenvalue weighted by atomic mass is 79.9. The number of benzene rings is 1.